The standard InChI is InChI=1S/C17H17Cl2N3O2/c18-12-1-2-14(23)15(16(12)19)9-5-11-13(6-9)21-8-22(17(11)24)10-3-4-20-7-10/h1-2,8-10,20,23H,3-7H2/t9-,10-/m0/s1. The number of benzene rings is 1. The topological polar surface area (TPSA) is 67.2 Å². The Morgan fingerprint density at radius 1 is 1.29 bits per heavy atom. The molecule has 1 fully saturated rings. The summed E-state index contributed by atoms with van der Waals surface area (Å²) in [6.07, 6.45) is 3.70. The fourth-order valence-electron chi connectivity index (χ4n) is 3.76. The summed E-state index contributed by atoms with van der Waals surface area (Å²) >= 11 is 12.4. The van der Waals surface area contributed by atoms with Crippen LogP contribution < -0.4 is 10.9 Å². The van der Waals surface area contributed by atoms with Crippen LogP contribution >= 0.6 is 23.2 Å². The average Bonchev–Trinajstić information content (AvgIpc) is 3.21. The zero-order valence-corrected chi connectivity index (χ0v) is 14.4. The smallest absolute Gasteiger partial charge is 0.257 e. The van der Waals surface area contributed by atoms with Crippen molar-refractivity contribution in [1.82, 2.24) is 14.9 Å². The first kappa shape index (κ1) is 15.9. The van der Waals surface area contributed by atoms with Crippen LogP contribution in [-0.4, -0.2) is 27.7 Å². The summed E-state index contributed by atoms with van der Waals surface area (Å²) in [6, 6.07) is 3.28. The lowest BCUT2D eigenvalue weighted by Crippen LogP contribution is -2.29. The molecule has 2 atom stereocenters. The molecule has 2 aliphatic rings. The van der Waals surface area contributed by atoms with Crippen molar-refractivity contribution in [2.45, 2.75) is 31.2 Å². The second kappa shape index (κ2) is 6.06. The van der Waals surface area contributed by atoms with Gasteiger partial charge in [0.05, 0.1) is 28.1 Å². The molecule has 1 aliphatic heterocycles. The molecule has 0 unspecified atom stereocenters. The number of rotatable bonds is 2. The predicted octanol–water partition coefficient (Wildman–Crippen LogP) is 2.67. The van der Waals surface area contributed by atoms with Gasteiger partial charge in [-0.2, -0.15) is 0 Å². The van der Waals surface area contributed by atoms with Gasteiger partial charge >= 0.3 is 0 Å². The molecular formula is C17H17Cl2N3O2. The Bertz CT molecular complexity index is 860. The van der Waals surface area contributed by atoms with Gasteiger partial charge in [0.1, 0.15) is 5.75 Å². The van der Waals surface area contributed by atoms with Crippen molar-refractivity contribution in [1.29, 1.82) is 0 Å². The number of hydrogen-bond donors (Lipinski definition) is 2. The van der Waals surface area contributed by atoms with Crippen molar-refractivity contribution in [3.8, 4) is 5.75 Å². The van der Waals surface area contributed by atoms with Gasteiger partial charge in [-0.1, -0.05) is 23.2 Å². The van der Waals surface area contributed by atoms with E-state index in [1.165, 1.54) is 0 Å². The molecular weight excluding hydrogens is 349 g/mol. The minimum absolute atomic E-state index is 0.0221. The quantitative estimate of drug-likeness (QED) is 0.858. The maximum atomic E-state index is 12.8. The van der Waals surface area contributed by atoms with E-state index < -0.39 is 0 Å². The van der Waals surface area contributed by atoms with Crippen LogP contribution in [0.15, 0.2) is 23.3 Å². The highest BCUT2D eigenvalue weighted by atomic mass is 35.5. The molecule has 0 spiro atoms. The molecule has 1 aromatic heterocycles. The van der Waals surface area contributed by atoms with Crippen molar-refractivity contribution in [2.75, 3.05) is 13.1 Å². The van der Waals surface area contributed by atoms with Crippen LogP contribution in [0.4, 0.5) is 0 Å². The van der Waals surface area contributed by atoms with Gasteiger partial charge in [-0.3, -0.25) is 9.36 Å². The monoisotopic (exact) mass is 365 g/mol. The van der Waals surface area contributed by atoms with Crippen molar-refractivity contribution in [2.24, 2.45) is 0 Å². The van der Waals surface area contributed by atoms with E-state index in [4.69, 9.17) is 23.2 Å². The molecule has 1 aliphatic carbocycles. The van der Waals surface area contributed by atoms with Crippen LogP contribution in [-0.2, 0) is 12.8 Å². The van der Waals surface area contributed by atoms with Crippen LogP contribution in [0, 0.1) is 0 Å². The summed E-state index contributed by atoms with van der Waals surface area (Å²) in [6.45, 7) is 1.72. The van der Waals surface area contributed by atoms with E-state index in [1.807, 2.05) is 0 Å². The molecule has 0 radical (unpaired) electrons. The second-order valence-electron chi connectivity index (χ2n) is 6.43. The van der Waals surface area contributed by atoms with Gasteiger partial charge in [0.25, 0.3) is 5.56 Å². The molecule has 7 heteroatoms. The largest absolute Gasteiger partial charge is 0.508 e. The number of hydrogen-bond acceptors (Lipinski definition) is 4. The maximum absolute atomic E-state index is 12.8. The summed E-state index contributed by atoms with van der Waals surface area (Å²) < 4.78 is 1.74. The highest BCUT2D eigenvalue weighted by Gasteiger charge is 2.32. The summed E-state index contributed by atoms with van der Waals surface area (Å²) in [4.78, 5) is 17.3. The van der Waals surface area contributed by atoms with E-state index in [1.54, 1.807) is 23.0 Å². The fraction of sp³-hybridized carbons (Fsp3) is 0.412. The van der Waals surface area contributed by atoms with Gasteiger partial charge in [0, 0.05) is 17.7 Å². The van der Waals surface area contributed by atoms with E-state index in [-0.39, 0.29) is 23.3 Å². The summed E-state index contributed by atoms with van der Waals surface area (Å²) in [7, 11) is 0. The normalized spacial score (nSPS) is 22.8. The third kappa shape index (κ3) is 2.51. The Hall–Kier alpha value is -1.56. The van der Waals surface area contributed by atoms with Crippen molar-refractivity contribution < 1.29 is 5.11 Å². The molecule has 5 nitrogen and oxygen atoms in total. The molecule has 24 heavy (non-hydrogen) atoms. The fourth-order valence-corrected chi connectivity index (χ4v) is 4.24. The number of nitrogens with one attached hydrogen (secondary N) is 1. The van der Waals surface area contributed by atoms with E-state index in [0.717, 1.165) is 30.8 Å². The van der Waals surface area contributed by atoms with Crippen LogP contribution in [0.25, 0.3) is 0 Å². The van der Waals surface area contributed by atoms with Crippen LogP contribution in [0.3, 0.4) is 0 Å². The van der Waals surface area contributed by atoms with E-state index >= 15 is 0 Å². The van der Waals surface area contributed by atoms with Crippen LogP contribution in [0.1, 0.15) is 35.2 Å². The Balaban J connectivity index is 1.71. The van der Waals surface area contributed by atoms with E-state index in [0.29, 0.717) is 28.5 Å². The molecule has 2 heterocycles. The third-order valence-corrected chi connectivity index (χ3v) is 5.83. The molecule has 1 saturated heterocycles. The summed E-state index contributed by atoms with van der Waals surface area (Å²) in [5, 5.41) is 14.2. The van der Waals surface area contributed by atoms with Crippen LogP contribution in [0.2, 0.25) is 10.0 Å². The second-order valence-corrected chi connectivity index (χ2v) is 7.21. The first-order valence-corrected chi connectivity index (χ1v) is 8.78. The van der Waals surface area contributed by atoms with Crippen LogP contribution in [0.5, 0.6) is 5.75 Å². The SMILES string of the molecule is O=c1c2c(ncn1[C@H]1CCNC1)C[C@@H](c1c(O)ccc(Cl)c1Cl)C2. The number of aromatic hydroxyl groups is 1. The van der Waals surface area contributed by atoms with Crippen molar-refractivity contribution >= 4 is 23.2 Å². The number of aromatic nitrogens is 2. The average molecular weight is 366 g/mol. The highest BCUT2D eigenvalue weighted by Crippen LogP contribution is 2.42. The Labute approximate surface area is 149 Å². The zero-order chi connectivity index (χ0) is 16.8. The van der Waals surface area contributed by atoms with Gasteiger partial charge in [0.15, 0.2) is 0 Å². The number of halogens is 2. The van der Waals surface area contributed by atoms with Gasteiger partial charge in [0.2, 0.25) is 0 Å². The van der Waals surface area contributed by atoms with Crippen molar-refractivity contribution in [3.05, 3.63) is 55.7 Å². The number of phenols is 1. The van der Waals surface area contributed by atoms with Gasteiger partial charge in [-0.25, -0.2) is 4.98 Å². The maximum Gasteiger partial charge on any atom is 0.257 e. The highest BCUT2D eigenvalue weighted by molar-refractivity contribution is 6.42. The number of phenolic OH excluding ortho intramolecular Hbond substituents is 1. The first-order chi connectivity index (χ1) is 11.6. The lowest BCUT2D eigenvalue weighted by atomic mass is 9.95. The lowest BCUT2D eigenvalue weighted by Gasteiger charge is -2.14. The van der Waals surface area contributed by atoms with E-state index in [9.17, 15) is 9.90 Å². The van der Waals surface area contributed by atoms with Gasteiger partial charge < -0.3 is 10.4 Å². The molecule has 2 N–H and O–H groups in total. The molecule has 4 rings (SSSR count). The zero-order valence-electron chi connectivity index (χ0n) is 12.9. The lowest BCUT2D eigenvalue weighted by molar-refractivity contribution is 0.461. The van der Waals surface area contributed by atoms with Crippen molar-refractivity contribution in [3.63, 3.8) is 0 Å². The molecule has 0 saturated carbocycles. The Morgan fingerprint density at radius 2 is 2.12 bits per heavy atom. The minimum Gasteiger partial charge on any atom is -0.508 e. The van der Waals surface area contributed by atoms with Gasteiger partial charge in [-0.15, -0.1) is 0 Å². The third-order valence-electron chi connectivity index (χ3n) is 5.01. The minimum atomic E-state index is -0.0797. The van der Waals surface area contributed by atoms with E-state index in [2.05, 4.69) is 10.3 Å². The van der Waals surface area contributed by atoms with Gasteiger partial charge in [-0.05, 0) is 43.9 Å². The predicted molar refractivity (Wildman–Crippen MR) is 93.3 cm³/mol. The molecule has 0 amide bonds. The molecule has 0 bridgehead atoms. The molecule has 2 aromatic rings. The number of fused-ring (bicyclic) bond motifs is 1. The summed E-state index contributed by atoms with van der Waals surface area (Å²) in [5.41, 5.74) is 2.15. The molecule has 126 valence electrons. The Kier molecular flexibility index (Phi) is 4.03. The number of nitrogens with zero attached hydrogens (tertiary/aromatic N) is 2. The first-order valence-electron chi connectivity index (χ1n) is 8.02. The molecule has 1 aromatic carbocycles. The Morgan fingerprint density at radius 3 is 2.88 bits per heavy atom. The summed E-state index contributed by atoms with van der Waals surface area (Å²) in [5.74, 6) is 0.0338.